The number of hydrogen-bond acceptors (Lipinski definition) is 2. The van der Waals surface area contributed by atoms with Crippen molar-refractivity contribution in [1.29, 1.82) is 0 Å². The van der Waals surface area contributed by atoms with Crippen LogP contribution in [0, 0.1) is 10.8 Å². The molecule has 2 heterocycles. The molecule has 2 aromatic heterocycles. The topological polar surface area (TPSA) is 26.3 Å². The second kappa shape index (κ2) is 4.18. The van der Waals surface area contributed by atoms with Crippen LogP contribution < -0.4 is 0 Å². The molecule has 0 fully saturated rings. The van der Waals surface area contributed by atoms with Crippen molar-refractivity contribution in [3.63, 3.8) is 0 Å². The fraction of sp³-hybridized carbons (Fsp3) is 0.625. The molecule has 0 N–H and O–H groups in total. The summed E-state index contributed by atoms with van der Waals surface area (Å²) in [5.41, 5.74) is 3.48. The largest absolute Gasteiger partial charge is 0.460 e. The minimum absolute atomic E-state index is 0.236. The van der Waals surface area contributed by atoms with Crippen molar-refractivity contribution >= 4 is 11.2 Å². The lowest BCUT2D eigenvalue weighted by atomic mass is 9.89. The zero-order valence-corrected chi connectivity index (χ0v) is 12.4. The first-order valence-corrected chi connectivity index (χ1v) is 6.63. The Balaban J connectivity index is 2.30. The number of rotatable bonds is 2. The fourth-order valence-corrected chi connectivity index (χ4v) is 2.23. The molecule has 2 heteroatoms. The van der Waals surface area contributed by atoms with Crippen LogP contribution in [0.15, 0.2) is 21.2 Å². The van der Waals surface area contributed by atoms with E-state index in [0.717, 1.165) is 29.8 Å². The Labute approximate surface area is 109 Å². The second-order valence-electron chi connectivity index (χ2n) is 7.64. The predicted octanol–water partition coefficient (Wildman–Crippen LogP) is 5.20. The Morgan fingerprint density at radius 2 is 1.56 bits per heavy atom. The molecule has 0 atom stereocenters. The van der Waals surface area contributed by atoms with E-state index in [0.29, 0.717) is 0 Å². The quantitative estimate of drug-likeness (QED) is 0.729. The van der Waals surface area contributed by atoms with Gasteiger partial charge in [0.2, 0.25) is 0 Å². The summed E-state index contributed by atoms with van der Waals surface area (Å²) in [6.45, 7) is 13.3. The lowest BCUT2D eigenvalue weighted by molar-refractivity contribution is 0.368. The molecule has 0 unspecified atom stereocenters. The van der Waals surface area contributed by atoms with Gasteiger partial charge in [-0.25, -0.2) is 0 Å². The van der Waals surface area contributed by atoms with Crippen molar-refractivity contribution in [2.24, 2.45) is 10.8 Å². The molecule has 2 aromatic rings. The molecular formula is C16H24O2. The Morgan fingerprint density at radius 1 is 0.944 bits per heavy atom. The molecule has 0 spiro atoms. The molecule has 2 rings (SSSR count). The average Bonchev–Trinajstić information content (AvgIpc) is 2.62. The van der Waals surface area contributed by atoms with E-state index in [1.54, 1.807) is 0 Å². The van der Waals surface area contributed by atoms with Gasteiger partial charge >= 0.3 is 0 Å². The predicted molar refractivity (Wildman–Crippen MR) is 74.8 cm³/mol. The lowest BCUT2D eigenvalue weighted by Gasteiger charge is -2.16. The van der Waals surface area contributed by atoms with E-state index < -0.39 is 0 Å². The van der Waals surface area contributed by atoms with Crippen LogP contribution in [0.5, 0.6) is 0 Å². The summed E-state index contributed by atoms with van der Waals surface area (Å²) >= 11 is 0. The molecule has 2 nitrogen and oxygen atoms in total. The first-order chi connectivity index (χ1) is 8.14. The summed E-state index contributed by atoms with van der Waals surface area (Å²) in [6.07, 6.45) is 3.74. The molecule has 0 saturated carbocycles. The number of hydrogen-bond donors (Lipinski definition) is 0. The molecule has 0 aliphatic rings. The Hall–Kier alpha value is -1.18. The normalized spacial score (nSPS) is 13.4. The summed E-state index contributed by atoms with van der Waals surface area (Å²) in [4.78, 5) is 0. The summed E-state index contributed by atoms with van der Waals surface area (Å²) < 4.78 is 11.6. The summed E-state index contributed by atoms with van der Waals surface area (Å²) in [5, 5.41) is 0. The van der Waals surface area contributed by atoms with Crippen LogP contribution in [0.1, 0.15) is 52.9 Å². The van der Waals surface area contributed by atoms with Gasteiger partial charge in [-0.15, -0.1) is 0 Å². The maximum absolute atomic E-state index is 5.97. The van der Waals surface area contributed by atoms with E-state index in [1.807, 2.05) is 12.3 Å². The first kappa shape index (κ1) is 13.3. The lowest BCUT2D eigenvalue weighted by Crippen LogP contribution is -2.09. The van der Waals surface area contributed by atoms with Crippen LogP contribution in [0.25, 0.3) is 11.2 Å². The monoisotopic (exact) mass is 248 g/mol. The van der Waals surface area contributed by atoms with E-state index in [4.69, 9.17) is 8.83 Å². The van der Waals surface area contributed by atoms with Crippen LogP contribution in [-0.4, -0.2) is 0 Å². The van der Waals surface area contributed by atoms with Gasteiger partial charge in [0.05, 0.1) is 6.26 Å². The third-order valence-electron chi connectivity index (χ3n) is 2.79. The highest BCUT2D eigenvalue weighted by molar-refractivity contribution is 5.75. The highest BCUT2D eigenvalue weighted by atomic mass is 16.4. The molecule has 0 aromatic carbocycles. The van der Waals surface area contributed by atoms with Gasteiger partial charge < -0.3 is 8.83 Å². The molecule has 100 valence electrons. The summed E-state index contributed by atoms with van der Waals surface area (Å²) in [5.74, 6) is 1.02. The van der Waals surface area contributed by atoms with Gasteiger partial charge in [-0.3, -0.25) is 0 Å². The van der Waals surface area contributed by atoms with Crippen molar-refractivity contribution in [3.05, 3.63) is 23.7 Å². The molecule has 0 aliphatic carbocycles. The molecule has 0 saturated heterocycles. The molecule has 0 amide bonds. The van der Waals surface area contributed by atoms with E-state index in [1.165, 1.54) is 5.56 Å². The number of furan rings is 2. The van der Waals surface area contributed by atoms with E-state index in [2.05, 4.69) is 41.5 Å². The van der Waals surface area contributed by atoms with E-state index in [-0.39, 0.29) is 10.8 Å². The van der Waals surface area contributed by atoms with Gasteiger partial charge in [0, 0.05) is 18.1 Å². The minimum atomic E-state index is 0.236. The fourth-order valence-electron chi connectivity index (χ4n) is 2.23. The van der Waals surface area contributed by atoms with E-state index in [9.17, 15) is 0 Å². The van der Waals surface area contributed by atoms with Gasteiger partial charge in [-0.05, 0) is 17.3 Å². The standard InChI is InChI=1S/C16H24O2/c1-15(2,3)8-11-10-17-13-7-12(18-14(11)13)9-16(4,5)6/h7,10H,8-9H2,1-6H3. The van der Waals surface area contributed by atoms with Crippen molar-refractivity contribution in [1.82, 2.24) is 0 Å². The summed E-state index contributed by atoms with van der Waals surface area (Å²) in [7, 11) is 0. The minimum Gasteiger partial charge on any atom is -0.460 e. The first-order valence-electron chi connectivity index (χ1n) is 6.63. The Bertz CT molecular complexity index is 529. The van der Waals surface area contributed by atoms with Crippen LogP contribution >= 0.6 is 0 Å². The van der Waals surface area contributed by atoms with Crippen LogP contribution in [0.3, 0.4) is 0 Å². The Kier molecular flexibility index (Phi) is 3.08. The average molecular weight is 248 g/mol. The molecule has 0 bridgehead atoms. The van der Waals surface area contributed by atoms with Gasteiger partial charge in [0.1, 0.15) is 5.76 Å². The number of fused-ring (bicyclic) bond motifs is 1. The molecule has 0 aliphatic heterocycles. The van der Waals surface area contributed by atoms with E-state index >= 15 is 0 Å². The highest BCUT2D eigenvalue weighted by Crippen LogP contribution is 2.32. The Morgan fingerprint density at radius 3 is 2.11 bits per heavy atom. The van der Waals surface area contributed by atoms with Crippen molar-refractivity contribution in [3.8, 4) is 0 Å². The molecule has 0 radical (unpaired) electrons. The zero-order valence-electron chi connectivity index (χ0n) is 12.4. The smallest absolute Gasteiger partial charge is 0.175 e. The zero-order chi connectivity index (χ0) is 13.6. The molecular weight excluding hydrogens is 224 g/mol. The third-order valence-corrected chi connectivity index (χ3v) is 2.79. The van der Waals surface area contributed by atoms with Crippen molar-refractivity contribution < 1.29 is 8.83 Å². The van der Waals surface area contributed by atoms with Gasteiger partial charge in [0.25, 0.3) is 0 Å². The van der Waals surface area contributed by atoms with Gasteiger partial charge in [0.15, 0.2) is 11.2 Å². The van der Waals surface area contributed by atoms with Crippen LogP contribution in [0.4, 0.5) is 0 Å². The van der Waals surface area contributed by atoms with Crippen molar-refractivity contribution in [2.45, 2.75) is 54.4 Å². The molecule has 18 heavy (non-hydrogen) atoms. The summed E-state index contributed by atoms with van der Waals surface area (Å²) in [6, 6.07) is 2.03. The maximum Gasteiger partial charge on any atom is 0.175 e. The highest BCUT2D eigenvalue weighted by Gasteiger charge is 2.20. The van der Waals surface area contributed by atoms with Crippen LogP contribution in [0.2, 0.25) is 0 Å². The van der Waals surface area contributed by atoms with Crippen LogP contribution in [-0.2, 0) is 12.8 Å². The van der Waals surface area contributed by atoms with Gasteiger partial charge in [-0.1, -0.05) is 41.5 Å². The second-order valence-corrected chi connectivity index (χ2v) is 7.64. The maximum atomic E-state index is 5.97. The van der Waals surface area contributed by atoms with Gasteiger partial charge in [-0.2, -0.15) is 0 Å². The SMILES string of the molecule is CC(C)(C)Cc1cc2occ(CC(C)(C)C)c2o1. The third kappa shape index (κ3) is 3.18. The van der Waals surface area contributed by atoms with Crippen molar-refractivity contribution in [2.75, 3.05) is 0 Å².